The average molecular weight is 239 g/mol. The van der Waals surface area contributed by atoms with Gasteiger partial charge in [0.25, 0.3) is 0 Å². The summed E-state index contributed by atoms with van der Waals surface area (Å²) in [6.45, 7) is 1.95. The second-order valence-electron chi connectivity index (χ2n) is 4.55. The Hall–Kier alpha value is -0.870. The monoisotopic (exact) mass is 239 g/mol. The molecule has 16 heavy (non-hydrogen) atoms. The molecule has 4 heteroatoms. The number of fused-ring (bicyclic) bond motifs is 1. The van der Waals surface area contributed by atoms with Gasteiger partial charge in [0.05, 0.1) is 10.6 Å². The van der Waals surface area contributed by atoms with Crippen LogP contribution in [0.3, 0.4) is 0 Å². The van der Waals surface area contributed by atoms with Gasteiger partial charge in [-0.15, -0.1) is 0 Å². The Kier molecular flexibility index (Phi) is 3.04. The summed E-state index contributed by atoms with van der Waals surface area (Å²) in [7, 11) is -3.02. The molecule has 1 aromatic carbocycles. The summed E-state index contributed by atoms with van der Waals surface area (Å²) in [5.74, 6) is 0.284. The van der Waals surface area contributed by atoms with Crippen LogP contribution in [0.25, 0.3) is 0 Å². The Labute approximate surface area is 96.6 Å². The lowest BCUT2D eigenvalue weighted by atomic mass is 10.0. The van der Waals surface area contributed by atoms with Gasteiger partial charge in [-0.25, -0.2) is 8.42 Å². The van der Waals surface area contributed by atoms with Gasteiger partial charge in [0.2, 0.25) is 0 Å². The molecule has 0 saturated heterocycles. The third-order valence-corrected chi connectivity index (χ3v) is 4.77. The molecule has 1 aromatic rings. The van der Waals surface area contributed by atoms with E-state index in [0.29, 0.717) is 4.90 Å². The number of benzene rings is 1. The van der Waals surface area contributed by atoms with Crippen LogP contribution in [0, 0.1) is 0 Å². The molecule has 0 radical (unpaired) electrons. The lowest BCUT2D eigenvalue weighted by Gasteiger charge is -2.17. The van der Waals surface area contributed by atoms with Crippen molar-refractivity contribution in [2.45, 2.75) is 37.1 Å². The Morgan fingerprint density at radius 2 is 2.19 bits per heavy atom. The van der Waals surface area contributed by atoms with E-state index >= 15 is 0 Å². The van der Waals surface area contributed by atoms with E-state index in [0.717, 1.165) is 30.4 Å². The van der Waals surface area contributed by atoms with Crippen LogP contribution in [0.2, 0.25) is 0 Å². The normalized spacial score (nSPS) is 20.1. The summed E-state index contributed by atoms with van der Waals surface area (Å²) in [6, 6.07) is 5.72. The summed E-state index contributed by atoms with van der Waals surface area (Å²) in [6.07, 6.45) is 2.39. The first-order valence-corrected chi connectivity index (χ1v) is 7.24. The van der Waals surface area contributed by atoms with Gasteiger partial charge in [0.1, 0.15) is 0 Å². The quantitative estimate of drug-likeness (QED) is 0.846. The van der Waals surface area contributed by atoms with E-state index in [-0.39, 0.29) is 11.8 Å². The summed E-state index contributed by atoms with van der Waals surface area (Å²) < 4.78 is 23.6. The van der Waals surface area contributed by atoms with Gasteiger partial charge in [0.15, 0.2) is 9.84 Å². The van der Waals surface area contributed by atoms with Crippen molar-refractivity contribution in [3.63, 3.8) is 0 Å². The lowest BCUT2D eigenvalue weighted by Crippen LogP contribution is -2.19. The molecule has 1 aliphatic heterocycles. The van der Waals surface area contributed by atoms with Crippen molar-refractivity contribution in [1.82, 2.24) is 0 Å². The molecule has 2 rings (SSSR count). The zero-order chi connectivity index (χ0) is 11.8. The Bertz CT molecular complexity index is 492. The van der Waals surface area contributed by atoms with Gasteiger partial charge in [-0.05, 0) is 43.4 Å². The average Bonchev–Trinajstić information content (AvgIpc) is 2.15. The standard InChI is InChI=1S/C12H17NO2S/c1-9(13)7-10-4-5-12-11(8-10)3-2-6-16(12,14)15/h4-5,8-9H,2-3,6-7,13H2,1H3. The maximum absolute atomic E-state index is 11.8. The second kappa shape index (κ2) is 4.18. The van der Waals surface area contributed by atoms with Gasteiger partial charge in [-0.3, -0.25) is 0 Å². The third-order valence-electron chi connectivity index (χ3n) is 2.88. The number of nitrogens with two attached hydrogens (primary N) is 1. The summed E-state index contributed by atoms with van der Waals surface area (Å²) >= 11 is 0. The first-order valence-electron chi connectivity index (χ1n) is 5.59. The topological polar surface area (TPSA) is 60.2 Å². The van der Waals surface area contributed by atoms with Crippen LogP contribution in [0.5, 0.6) is 0 Å². The minimum absolute atomic E-state index is 0.109. The zero-order valence-corrected chi connectivity index (χ0v) is 10.3. The molecular weight excluding hydrogens is 222 g/mol. The highest BCUT2D eigenvalue weighted by atomic mass is 32.2. The maximum Gasteiger partial charge on any atom is 0.178 e. The van der Waals surface area contributed by atoms with Crippen LogP contribution in [-0.4, -0.2) is 20.2 Å². The highest BCUT2D eigenvalue weighted by Crippen LogP contribution is 2.26. The number of sulfone groups is 1. The molecule has 1 atom stereocenters. The van der Waals surface area contributed by atoms with Gasteiger partial charge >= 0.3 is 0 Å². The molecule has 0 saturated carbocycles. The van der Waals surface area contributed by atoms with E-state index in [4.69, 9.17) is 5.73 Å². The van der Waals surface area contributed by atoms with Crippen molar-refractivity contribution in [1.29, 1.82) is 0 Å². The molecule has 1 aliphatic rings. The largest absolute Gasteiger partial charge is 0.328 e. The first-order chi connectivity index (χ1) is 7.49. The lowest BCUT2D eigenvalue weighted by molar-refractivity contribution is 0.586. The van der Waals surface area contributed by atoms with Crippen LogP contribution >= 0.6 is 0 Å². The molecule has 88 valence electrons. The van der Waals surface area contributed by atoms with Crippen LogP contribution in [0.1, 0.15) is 24.5 Å². The van der Waals surface area contributed by atoms with Crippen LogP contribution in [0.15, 0.2) is 23.1 Å². The molecule has 3 nitrogen and oxygen atoms in total. The van der Waals surface area contributed by atoms with E-state index in [1.165, 1.54) is 0 Å². The highest BCUT2D eigenvalue weighted by molar-refractivity contribution is 7.91. The molecule has 0 aromatic heterocycles. The van der Waals surface area contributed by atoms with Crippen LogP contribution in [-0.2, 0) is 22.7 Å². The van der Waals surface area contributed by atoms with E-state index in [2.05, 4.69) is 0 Å². The van der Waals surface area contributed by atoms with Crippen molar-refractivity contribution in [2.75, 3.05) is 5.75 Å². The molecule has 1 unspecified atom stereocenters. The van der Waals surface area contributed by atoms with E-state index in [9.17, 15) is 8.42 Å². The third kappa shape index (κ3) is 2.28. The Balaban J connectivity index is 2.40. The van der Waals surface area contributed by atoms with Crippen molar-refractivity contribution >= 4 is 9.84 Å². The molecule has 0 bridgehead atoms. The van der Waals surface area contributed by atoms with Crippen LogP contribution in [0.4, 0.5) is 0 Å². The smallest absolute Gasteiger partial charge is 0.178 e. The number of rotatable bonds is 2. The molecule has 0 amide bonds. The predicted molar refractivity (Wildman–Crippen MR) is 64.2 cm³/mol. The first kappa shape index (κ1) is 11.6. The Morgan fingerprint density at radius 1 is 1.44 bits per heavy atom. The summed E-state index contributed by atoms with van der Waals surface area (Å²) in [4.78, 5) is 0.521. The fourth-order valence-corrected chi connectivity index (χ4v) is 3.77. The zero-order valence-electron chi connectivity index (χ0n) is 9.44. The molecule has 2 N–H and O–H groups in total. The van der Waals surface area contributed by atoms with Gasteiger partial charge in [-0.1, -0.05) is 12.1 Å². The maximum atomic E-state index is 11.8. The minimum atomic E-state index is -3.02. The number of aryl methyl sites for hydroxylation is 1. The molecule has 0 fully saturated rings. The molecule has 0 spiro atoms. The van der Waals surface area contributed by atoms with Crippen molar-refractivity contribution in [2.24, 2.45) is 5.73 Å². The molecular formula is C12H17NO2S. The predicted octanol–water partition coefficient (Wildman–Crippen LogP) is 1.30. The highest BCUT2D eigenvalue weighted by Gasteiger charge is 2.23. The fraction of sp³-hybridized carbons (Fsp3) is 0.500. The van der Waals surface area contributed by atoms with Gasteiger partial charge in [0, 0.05) is 6.04 Å². The number of hydrogen-bond donors (Lipinski definition) is 1. The fourth-order valence-electron chi connectivity index (χ4n) is 2.19. The van der Waals surface area contributed by atoms with Crippen molar-refractivity contribution < 1.29 is 8.42 Å². The van der Waals surface area contributed by atoms with E-state index < -0.39 is 9.84 Å². The number of hydrogen-bond acceptors (Lipinski definition) is 3. The van der Waals surface area contributed by atoms with Crippen molar-refractivity contribution in [3.05, 3.63) is 29.3 Å². The SMILES string of the molecule is CC(N)Cc1ccc2c(c1)CCCS2(=O)=O. The second-order valence-corrected chi connectivity index (χ2v) is 6.62. The van der Waals surface area contributed by atoms with E-state index in [1.807, 2.05) is 19.1 Å². The Morgan fingerprint density at radius 3 is 2.88 bits per heavy atom. The van der Waals surface area contributed by atoms with Gasteiger partial charge < -0.3 is 5.73 Å². The molecule has 1 heterocycles. The molecule has 0 aliphatic carbocycles. The minimum Gasteiger partial charge on any atom is -0.328 e. The van der Waals surface area contributed by atoms with Crippen molar-refractivity contribution in [3.8, 4) is 0 Å². The van der Waals surface area contributed by atoms with Gasteiger partial charge in [-0.2, -0.15) is 0 Å². The van der Waals surface area contributed by atoms with E-state index in [1.54, 1.807) is 6.07 Å². The summed E-state index contributed by atoms with van der Waals surface area (Å²) in [5, 5.41) is 0. The van der Waals surface area contributed by atoms with Crippen LogP contribution < -0.4 is 5.73 Å². The summed E-state index contributed by atoms with van der Waals surface area (Å²) in [5.41, 5.74) is 7.83.